The molecule has 0 spiro atoms. The summed E-state index contributed by atoms with van der Waals surface area (Å²) in [4.78, 5) is 8.22. The van der Waals surface area contributed by atoms with Gasteiger partial charge < -0.3 is 9.84 Å². The van der Waals surface area contributed by atoms with Crippen molar-refractivity contribution in [3.63, 3.8) is 0 Å². The second-order valence-corrected chi connectivity index (χ2v) is 3.48. The topological polar surface area (TPSA) is 63.8 Å². The van der Waals surface area contributed by atoms with Crippen molar-refractivity contribution in [3.05, 3.63) is 30.3 Å². The summed E-state index contributed by atoms with van der Waals surface area (Å²) >= 11 is 0. The van der Waals surface area contributed by atoms with Crippen molar-refractivity contribution in [2.45, 2.75) is 12.5 Å². The molecule has 1 aliphatic rings. The molecule has 1 saturated heterocycles. The lowest BCUT2D eigenvalue weighted by Gasteiger charge is -2.24. The molecule has 15 heavy (non-hydrogen) atoms. The van der Waals surface area contributed by atoms with Gasteiger partial charge in [-0.05, 0) is 19.0 Å². The average Bonchev–Trinajstić information content (AvgIpc) is 2.66. The van der Waals surface area contributed by atoms with E-state index in [9.17, 15) is 0 Å². The van der Waals surface area contributed by atoms with Gasteiger partial charge in [-0.25, -0.2) is 9.97 Å². The Labute approximate surface area is 86.5 Å². The molecule has 3 rings (SSSR count). The van der Waals surface area contributed by atoms with Gasteiger partial charge in [-0.3, -0.25) is 0 Å². The van der Waals surface area contributed by atoms with Crippen molar-refractivity contribution >= 4 is 0 Å². The van der Waals surface area contributed by atoms with Crippen LogP contribution in [-0.4, -0.2) is 21.7 Å². The largest absolute Gasteiger partial charge is 0.359 e. The van der Waals surface area contributed by atoms with E-state index in [0.717, 1.165) is 18.7 Å². The number of aromatic nitrogens is 3. The third kappa shape index (κ3) is 1.50. The fraction of sp³-hybridized carbons (Fsp3) is 0.300. The van der Waals surface area contributed by atoms with Gasteiger partial charge >= 0.3 is 0 Å². The van der Waals surface area contributed by atoms with Crippen molar-refractivity contribution in [2.24, 2.45) is 0 Å². The second kappa shape index (κ2) is 3.43. The molecule has 0 unspecified atom stereocenters. The fourth-order valence-electron chi connectivity index (χ4n) is 1.52. The number of rotatable bonds is 2. The van der Waals surface area contributed by atoms with Crippen molar-refractivity contribution in [2.75, 3.05) is 6.54 Å². The second-order valence-electron chi connectivity index (χ2n) is 3.48. The van der Waals surface area contributed by atoms with E-state index < -0.39 is 0 Å². The van der Waals surface area contributed by atoms with Crippen molar-refractivity contribution < 1.29 is 4.52 Å². The van der Waals surface area contributed by atoms with Crippen LogP contribution in [0.25, 0.3) is 11.5 Å². The van der Waals surface area contributed by atoms with Crippen molar-refractivity contribution in [3.8, 4) is 11.5 Å². The Morgan fingerprint density at radius 2 is 2.13 bits per heavy atom. The van der Waals surface area contributed by atoms with Crippen LogP contribution in [0.15, 0.2) is 29.0 Å². The van der Waals surface area contributed by atoms with Crippen molar-refractivity contribution in [1.29, 1.82) is 0 Å². The van der Waals surface area contributed by atoms with Crippen LogP contribution in [0.5, 0.6) is 0 Å². The minimum Gasteiger partial charge on any atom is -0.359 e. The summed E-state index contributed by atoms with van der Waals surface area (Å²) in [5.74, 6) is 1.47. The van der Waals surface area contributed by atoms with Gasteiger partial charge in [0.15, 0.2) is 17.3 Å². The van der Waals surface area contributed by atoms with Gasteiger partial charge in [-0.15, -0.1) is 0 Å². The molecule has 0 bridgehead atoms. The summed E-state index contributed by atoms with van der Waals surface area (Å²) in [6.07, 6.45) is 4.49. The molecule has 0 aliphatic carbocycles. The Balaban J connectivity index is 1.90. The van der Waals surface area contributed by atoms with E-state index in [-0.39, 0.29) is 0 Å². The van der Waals surface area contributed by atoms with E-state index in [1.165, 1.54) is 0 Å². The van der Waals surface area contributed by atoms with Gasteiger partial charge in [0.25, 0.3) is 0 Å². The lowest BCUT2D eigenvalue weighted by atomic mass is 10.0. The summed E-state index contributed by atoms with van der Waals surface area (Å²) < 4.78 is 5.23. The minimum atomic E-state index is 0.315. The molecular formula is C10H10N4O. The zero-order valence-electron chi connectivity index (χ0n) is 8.05. The Kier molecular flexibility index (Phi) is 1.96. The molecular weight excluding hydrogens is 192 g/mol. The van der Waals surface area contributed by atoms with E-state index in [1.807, 2.05) is 6.07 Å². The summed E-state index contributed by atoms with van der Waals surface area (Å²) in [5.41, 5.74) is 0.694. The first-order valence-electron chi connectivity index (χ1n) is 4.91. The molecule has 1 fully saturated rings. The third-order valence-electron chi connectivity index (χ3n) is 2.49. The maximum Gasteiger partial charge on any atom is 0.181 e. The number of hydrogen-bond donors (Lipinski definition) is 1. The van der Waals surface area contributed by atoms with Crippen LogP contribution in [0.1, 0.15) is 18.2 Å². The maximum absolute atomic E-state index is 5.23. The third-order valence-corrected chi connectivity index (χ3v) is 2.49. The molecule has 76 valence electrons. The number of nitrogens with zero attached hydrogens (tertiary/aromatic N) is 3. The van der Waals surface area contributed by atoms with Gasteiger partial charge in [0.05, 0.1) is 6.04 Å². The molecule has 0 aromatic carbocycles. The Bertz CT molecular complexity index is 449. The minimum absolute atomic E-state index is 0.315. The first-order chi connectivity index (χ1) is 7.43. The van der Waals surface area contributed by atoms with E-state index in [1.54, 1.807) is 18.5 Å². The monoisotopic (exact) mass is 202 g/mol. The highest BCUT2D eigenvalue weighted by atomic mass is 16.5. The lowest BCUT2D eigenvalue weighted by molar-refractivity contribution is 0.282. The van der Waals surface area contributed by atoms with Gasteiger partial charge in [-0.2, -0.15) is 0 Å². The molecule has 5 nitrogen and oxygen atoms in total. The van der Waals surface area contributed by atoms with Crippen LogP contribution >= 0.6 is 0 Å². The molecule has 2 aromatic rings. The highest BCUT2D eigenvalue weighted by Gasteiger charge is 2.23. The standard InChI is InChI=1S/C10H10N4O/c1-3-12-10(13-4-1)8-6-9(15-14-8)7-2-5-11-7/h1,3-4,6-7,11H,2,5H2/t7-/m0/s1. The quantitative estimate of drug-likeness (QED) is 0.791. The molecule has 2 aromatic heterocycles. The Hall–Kier alpha value is -1.75. The van der Waals surface area contributed by atoms with E-state index in [0.29, 0.717) is 17.6 Å². The summed E-state index contributed by atoms with van der Waals surface area (Å²) in [6, 6.07) is 3.99. The van der Waals surface area contributed by atoms with Crippen LogP contribution in [0.4, 0.5) is 0 Å². The zero-order valence-corrected chi connectivity index (χ0v) is 8.05. The van der Waals surface area contributed by atoms with Crippen LogP contribution in [0, 0.1) is 0 Å². The first kappa shape index (κ1) is 8.55. The lowest BCUT2D eigenvalue weighted by Crippen LogP contribution is -2.34. The zero-order chi connectivity index (χ0) is 10.1. The molecule has 1 N–H and O–H groups in total. The van der Waals surface area contributed by atoms with Gasteiger partial charge in [0.1, 0.15) is 0 Å². The van der Waals surface area contributed by atoms with Crippen LogP contribution in [-0.2, 0) is 0 Å². The van der Waals surface area contributed by atoms with Crippen LogP contribution < -0.4 is 5.32 Å². The molecule has 1 aliphatic heterocycles. The predicted molar refractivity (Wildman–Crippen MR) is 52.9 cm³/mol. The molecule has 0 amide bonds. The summed E-state index contributed by atoms with van der Waals surface area (Å²) in [6.45, 7) is 1.04. The fourth-order valence-corrected chi connectivity index (χ4v) is 1.52. The Morgan fingerprint density at radius 3 is 2.80 bits per heavy atom. The summed E-state index contributed by atoms with van der Waals surface area (Å²) in [7, 11) is 0. The SMILES string of the molecule is c1cnc(-c2cc([C@@H]3CCN3)on2)nc1. The predicted octanol–water partition coefficient (Wildman–Crippen LogP) is 1.17. The molecule has 3 heterocycles. The van der Waals surface area contributed by atoms with Crippen molar-refractivity contribution in [1.82, 2.24) is 20.4 Å². The average molecular weight is 202 g/mol. The van der Waals surface area contributed by atoms with E-state index in [2.05, 4.69) is 20.4 Å². The number of nitrogens with one attached hydrogen (secondary N) is 1. The molecule has 0 saturated carbocycles. The van der Waals surface area contributed by atoms with E-state index >= 15 is 0 Å². The maximum atomic E-state index is 5.23. The molecule has 5 heteroatoms. The highest BCUT2D eigenvalue weighted by molar-refractivity contribution is 5.48. The van der Waals surface area contributed by atoms with Gasteiger partial charge in [-0.1, -0.05) is 5.16 Å². The van der Waals surface area contributed by atoms with Crippen LogP contribution in [0.2, 0.25) is 0 Å². The highest BCUT2D eigenvalue weighted by Crippen LogP contribution is 2.25. The van der Waals surface area contributed by atoms with Gasteiger partial charge in [0.2, 0.25) is 0 Å². The molecule has 1 atom stereocenters. The first-order valence-corrected chi connectivity index (χ1v) is 4.91. The van der Waals surface area contributed by atoms with E-state index in [4.69, 9.17) is 4.52 Å². The normalized spacial score (nSPS) is 19.9. The Morgan fingerprint density at radius 1 is 1.33 bits per heavy atom. The number of hydrogen-bond acceptors (Lipinski definition) is 5. The van der Waals surface area contributed by atoms with Crippen LogP contribution in [0.3, 0.4) is 0 Å². The smallest absolute Gasteiger partial charge is 0.181 e. The summed E-state index contributed by atoms with van der Waals surface area (Å²) in [5, 5.41) is 7.20. The molecule has 0 radical (unpaired) electrons. The van der Waals surface area contributed by atoms with Gasteiger partial charge in [0, 0.05) is 18.5 Å².